The fourth-order valence-electron chi connectivity index (χ4n) is 6.79. The average molecular weight is 661 g/mol. The van der Waals surface area contributed by atoms with Gasteiger partial charge in [0, 0.05) is 62.9 Å². The Labute approximate surface area is 279 Å². The molecule has 12 nitrogen and oxygen atoms in total. The molecule has 0 saturated carbocycles. The molecule has 3 fully saturated rings. The quantitative estimate of drug-likeness (QED) is 0.260. The minimum absolute atomic E-state index is 0.106. The molecular formula is C34H41ClN8O4. The first-order chi connectivity index (χ1) is 22.8. The Balaban J connectivity index is 1.12. The lowest BCUT2D eigenvalue weighted by Crippen LogP contribution is -2.56. The highest BCUT2D eigenvalue weighted by Gasteiger charge is 2.35. The molecule has 1 aromatic heterocycles. The summed E-state index contributed by atoms with van der Waals surface area (Å²) in [4.78, 5) is 48.9. The first-order valence-corrected chi connectivity index (χ1v) is 16.7. The topological polar surface area (TPSA) is 142 Å². The van der Waals surface area contributed by atoms with Gasteiger partial charge in [0.05, 0.1) is 16.8 Å². The number of terminal acetylenes is 1. The lowest BCUT2D eigenvalue weighted by atomic mass is 10.0. The van der Waals surface area contributed by atoms with Gasteiger partial charge in [-0.05, 0) is 56.5 Å². The molecule has 3 saturated heterocycles. The van der Waals surface area contributed by atoms with Crippen molar-refractivity contribution in [2.24, 2.45) is 0 Å². The van der Waals surface area contributed by atoms with Crippen molar-refractivity contribution in [1.82, 2.24) is 34.8 Å². The average Bonchev–Trinajstić information content (AvgIpc) is 3.51. The number of nitrogens with zero attached hydrogens (tertiary/aromatic N) is 5. The summed E-state index contributed by atoms with van der Waals surface area (Å²) < 4.78 is 7.45. The maximum Gasteiger partial charge on any atom is 0.410 e. The van der Waals surface area contributed by atoms with Crippen LogP contribution in [-0.4, -0.2) is 106 Å². The zero-order valence-electron chi connectivity index (χ0n) is 26.4. The Kier molecular flexibility index (Phi) is 10.2. The van der Waals surface area contributed by atoms with E-state index >= 15 is 0 Å². The number of likely N-dealkylation sites (tertiary alicyclic amines) is 1. The van der Waals surface area contributed by atoms with E-state index in [4.69, 9.17) is 28.5 Å². The zero-order valence-corrected chi connectivity index (χ0v) is 27.1. The van der Waals surface area contributed by atoms with Gasteiger partial charge in [0.15, 0.2) is 11.9 Å². The number of hydrogen-bond donors (Lipinski definition) is 3. The van der Waals surface area contributed by atoms with Gasteiger partial charge >= 0.3 is 11.8 Å². The van der Waals surface area contributed by atoms with E-state index in [1.54, 1.807) is 21.9 Å². The number of nitrogens with two attached hydrogens (primary N) is 1. The summed E-state index contributed by atoms with van der Waals surface area (Å²) in [6, 6.07) is 13.2. The standard InChI is InChI=1S/C34H41ClN8O4/c1-2-24-20-23(21-28(35)30(24)36)22-29(32(44)41-18-16-40(17-19-41)26-8-12-37-13-9-26)47-34(46)42-14-10-27(11-15-42)43-33(45)38-31(39-43)25-6-4-3-5-7-25/h1,3-7,20-21,26-27,29,37H,8-19,22,36H2,(H,38,39,45)/t29-/m1/s1. The van der Waals surface area contributed by atoms with Gasteiger partial charge in [0.2, 0.25) is 0 Å². The number of H-pyrrole nitrogens is 1. The summed E-state index contributed by atoms with van der Waals surface area (Å²) in [5.41, 5.74) is 7.94. The van der Waals surface area contributed by atoms with E-state index in [1.807, 2.05) is 30.3 Å². The maximum atomic E-state index is 14.0. The van der Waals surface area contributed by atoms with Crippen LogP contribution in [0.1, 0.15) is 42.9 Å². The lowest BCUT2D eigenvalue weighted by Gasteiger charge is -2.41. The van der Waals surface area contributed by atoms with Crippen molar-refractivity contribution < 1.29 is 14.3 Å². The molecule has 3 aliphatic rings. The van der Waals surface area contributed by atoms with Crippen LogP contribution in [0, 0.1) is 12.3 Å². The molecule has 2 aromatic carbocycles. The van der Waals surface area contributed by atoms with E-state index in [9.17, 15) is 14.4 Å². The fourth-order valence-corrected chi connectivity index (χ4v) is 7.03. The third kappa shape index (κ3) is 7.48. The molecule has 0 radical (unpaired) electrons. The van der Waals surface area contributed by atoms with Gasteiger partial charge < -0.3 is 25.6 Å². The largest absolute Gasteiger partial charge is 0.436 e. The van der Waals surface area contributed by atoms with E-state index in [0.717, 1.165) is 44.6 Å². The molecule has 3 aliphatic heterocycles. The Bertz CT molecular complexity index is 1660. The SMILES string of the molecule is C#Cc1cc(C[C@@H](OC(=O)N2CCC(n3nc(-c4ccccc4)[nH]c3=O)CC2)C(=O)N2CCN(C3CCNCC3)CC2)cc(Cl)c1N. The second-order valence-corrected chi connectivity index (χ2v) is 12.8. The van der Waals surface area contributed by atoms with Crippen LogP contribution in [0.15, 0.2) is 47.3 Å². The molecule has 13 heteroatoms. The summed E-state index contributed by atoms with van der Waals surface area (Å²) in [7, 11) is 0. The number of aromatic amines is 1. The van der Waals surface area contributed by atoms with Gasteiger partial charge in [-0.15, -0.1) is 11.5 Å². The number of benzene rings is 2. The molecule has 0 bridgehead atoms. The monoisotopic (exact) mass is 660 g/mol. The van der Waals surface area contributed by atoms with E-state index in [2.05, 4.69) is 26.2 Å². The number of nitrogens with one attached hydrogen (secondary N) is 2. The number of hydrogen-bond acceptors (Lipinski definition) is 8. The van der Waals surface area contributed by atoms with Gasteiger partial charge in [0.1, 0.15) is 0 Å². The van der Waals surface area contributed by atoms with Gasteiger partial charge in [-0.25, -0.2) is 14.3 Å². The molecule has 0 unspecified atom stereocenters. The van der Waals surface area contributed by atoms with Gasteiger partial charge in [0.25, 0.3) is 5.91 Å². The zero-order chi connectivity index (χ0) is 32.9. The van der Waals surface area contributed by atoms with Crippen molar-refractivity contribution in [1.29, 1.82) is 0 Å². The predicted molar refractivity (Wildman–Crippen MR) is 180 cm³/mol. The molecule has 47 heavy (non-hydrogen) atoms. The Morgan fingerprint density at radius 1 is 1.00 bits per heavy atom. The number of nitrogen functional groups attached to an aromatic ring is 1. The molecular weight excluding hydrogens is 620 g/mol. The van der Waals surface area contributed by atoms with Crippen molar-refractivity contribution in [3.05, 3.63) is 69.1 Å². The minimum atomic E-state index is -1.07. The highest BCUT2D eigenvalue weighted by molar-refractivity contribution is 6.33. The van der Waals surface area contributed by atoms with Crippen LogP contribution >= 0.6 is 11.6 Å². The third-order valence-corrected chi connectivity index (χ3v) is 9.81. The summed E-state index contributed by atoms with van der Waals surface area (Å²) in [5, 5.41) is 8.22. The number of anilines is 1. The molecule has 3 aromatic rings. The Hall–Kier alpha value is -4.31. The number of carbonyl (C=O) groups is 2. The molecule has 4 N–H and O–H groups in total. The van der Waals surface area contributed by atoms with Crippen molar-refractivity contribution in [3.8, 4) is 23.7 Å². The number of carbonyl (C=O) groups excluding carboxylic acids is 2. The number of piperidine rings is 2. The van der Waals surface area contributed by atoms with Crippen LogP contribution < -0.4 is 16.7 Å². The number of aromatic nitrogens is 3. The maximum absolute atomic E-state index is 14.0. The van der Waals surface area contributed by atoms with Gasteiger partial charge in [-0.2, -0.15) is 0 Å². The second-order valence-electron chi connectivity index (χ2n) is 12.4. The molecule has 0 spiro atoms. The summed E-state index contributed by atoms with van der Waals surface area (Å²) in [6.07, 6.45) is 7.35. The Morgan fingerprint density at radius 3 is 2.38 bits per heavy atom. The number of halogens is 1. The predicted octanol–water partition coefficient (Wildman–Crippen LogP) is 2.74. The minimum Gasteiger partial charge on any atom is -0.436 e. The summed E-state index contributed by atoms with van der Waals surface area (Å²) in [5.74, 6) is 2.80. The molecule has 4 heterocycles. The highest BCUT2D eigenvalue weighted by atomic mass is 35.5. The Morgan fingerprint density at radius 2 is 1.70 bits per heavy atom. The molecule has 2 amide bonds. The van der Waals surface area contributed by atoms with Crippen LogP contribution in [0.4, 0.5) is 10.5 Å². The van der Waals surface area contributed by atoms with Gasteiger partial charge in [-0.3, -0.25) is 14.7 Å². The number of rotatable bonds is 7. The van der Waals surface area contributed by atoms with Crippen LogP contribution in [0.2, 0.25) is 5.02 Å². The molecule has 6 rings (SSSR count). The second kappa shape index (κ2) is 14.6. The van der Waals surface area contributed by atoms with Crippen molar-refractivity contribution >= 4 is 29.3 Å². The number of amides is 2. The van der Waals surface area contributed by atoms with Crippen molar-refractivity contribution in [3.63, 3.8) is 0 Å². The van der Waals surface area contributed by atoms with Gasteiger partial charge in [-0.1, -0.05) is 47.9 Å². The fraction of sp³-hybridized carbons (Fsp3) is 0.471. The number of ether oxygens (including phenoxy) is 1. The van der Waals surface area contributed by atoms with Crippen LogP contribution in [-0.2, 0) is 16.0 Å². The van der Waals surface area contributed by atoms with Crippen LogP contribution in [0.25, 0.3) is 11.4 Å². The molecule has 1 atom stereocenters. The van der Waals surface area contributed by atoms with E-state index in [0.29, 0.717) is 67.7 Å². The van der Waals surface area contributed by atoms with Crippen molar-refractivity contribution in [2.75, 3.05) is 58.1 Å². The van der Waals surface area contributed by atoms with E-state index < -0.39 is 12.2 Å². The molecule has 248 valence electrons. The number of piperazine rings is 1. The third-order valence-electron chi connectivity index (χ3n) is 9.49. The van der Waals surface area contributed by atoms with E-state index in [1.165, 1.54) is 4.68 Å². The van der Waals surface area contributed by atoms with E-state index in [-0.39, 0.29) is 29.1 Å². The lowest BCUT2D eigenvalue weighted by molar-refractivity contribution is -0.143. The summed E-state index contributed by atoms with van der Waals surface area (Å²) >= 11 is 6.36. The van der Waals surface area contributed by atoms with Crippen LogP contribution in [0.5, 0.6) is 0 Å². The normalized spacial score (nSPS) is 18.9. The smallest absolute Gasteiger partial charge is 0.410 e. The van der Waals surface area contributed by atoms with Crippen LogP contribution in [0.3, 0.4) is 0 Å². The van der Waals surface area contributed by atoms with Crippen molar-refractivity contribution in [2.45, 2.75) is 50.3 Å². The highest BCUT2D eigenvalue weighted by Crippen LogP contribution is 2.27. The first kappa shape index (κ1) is 32.6. The first-order valence-electron chi connectivity index (χ1n) is 16.3. The summed E-state index contributed by atoms with van der Waals surface area (Å²) in [6.45, 7) is 5.40. The molecule has 0 aliphatic carbocycles.